The summed E-state index contributed by atoms with van der Waals surface area (Å²) in [5.74, 6) is 0.325. The van der Waals surface area contributed by atoms with Crippen LogP contribution in [0.3, 0.4) is 0 Å². The zero-order chi connectivity index (χ0) is 10.6. The van der Waals surface area contributed by atoms with E-state index in [4.69, 9.17) is 4.74 Å². The van der Waals surface area contributed by atoms with Gasteiger partial charge in [0.25, 0.3) is 0 Å². The maximum atomic E-state index is 12.5. The first-order valence-electron chi connectivity index (χ1n) is 4.54. The van der Waals surface area contributed by atoms with Gasteiger partial charge in [-0.2, -0.15) is 0 Å². The molecule has 0 radical (unpaired) electrons. The third-order valence-electron chi connectivity index (χ3n) is 2.18. The van der Waals surface area contributed by atoms with E-state index in [9.17, 15) is 4.39 Å². The van der Waals surface area contributed by atoms with Crippen molar-refractivity contribution in [3.63, 3.8) is 0 Å². The lowest BCUT2D eigenvalue weighted by Crippen LogP contribution is -2.29. The van der Waals surface area contributed by atoms with Gasteiger partial charge >= 0.3 is 0 Å². The van der Waals surface area contributed by atoms with Crippen LogP contribution in [-0.4, -0.2) is 24.2 Å². The Morgan fingerprint density at radius 2 is 2.14 bits per heavy atom. The number of anilines is 1. The second kappa shape index (κ2) is 4.91. The van der Waals surface area contributed by atoms with Crippen molar-refractivity contribution < 1.29 is 9.13 Å². The lowest BCUT2D eigenvalue weighted by atomic mass is 10.2. The molecule has 1 aromatic heterocycles. The van der Waals surface area contributed by atoms with Crippen LogP contribution < -0.4 is 5.32 Å². The Kier molecular flexibility index (Phi) is 3.83. The van der Waals surface area contributed by atoms with Crippen LogP contribution in [0.4, 0.5) is 10.2 Å². The summed E-state index contributed by atoms with van der Waals surface area (Å²) in [7, 11) is 1.65. The van der Waals surface area contributed by atoms with Gasteiger partial charge in [-0.1, -0.05) is 0 Å². The average molecular weight is 198 g/mol. The number of pyridine rings is 1. The fourth-order valence-electron chi connectivity index (χ4n) is 1.02. The molecule has 0 aliphatic rings. The van der Waals surface area contributed by atoms with Crippen molar-refractivity contribution in [2.75, 3.05) is 12.4 Å². The minimum Gasteiger partial charge on any atom is -0.380 e. The molecule has 1 aromatic rings. The summed E-state index contributed by atoms with van der Waals surface area (Å²) in [6.45, 7) is 3.94. The molecule has 0 bridgehead atoms. The molecule has 0 saturated carbocycles. The Morgan fingerprint density at radius 3 is 2.64 bits per heavy atom. The summed E-state index contributed by atoms with van der Waals surface area (Å²) in [6, 6.07) is 3.12. The van der Waals surface area contributed by atoms with E-state index in [1.807, 2.05) is 13.8 Å². The smallest absolute Gasteiger partial charge is 0.141 e. The van der Waals surface area contributed by atoms with Crippen LogP contribution in [0.2, 0.25) is 0 Å². The molecule has 1 unspecified atom stereocenters. The molecule has 2 atom stereocenters. The van der Waals surface area contributed by atoms with E-state index in [1.165, 1.54) is 12.3 Å². The molecule has 0 fully saturated rings. The van der Waals surface area contributed by atoms with E-state index in [-0.39, 0.29) is 18.0 Å². The number of hydrogen-bond acceptors (Lipinski definition) is 3. The summed E-state index contributed by atoms with van der Waals surface area (Å²) >= 11 is 0. The van der Waals surface area contributed by atoms with Gasteiger partial charge in [-0.15, -0.1) is 0 Å². The van der Waals surface area contributed by atoms with Crippen molar-refractivity contribution in [3.05, 3.63) is 24.1 Å². The second-order valence-electron chi connectivity index (χ2n) is 3.24. The Labute approximate surface area is 83.3 Å². The fourth-order valence-corrected chi connectivity index (χ4v) is 1.02. The minimum absolute atomic E-state index is 0.0850. The van der Waals surface area contributed by atoms with Gasteiger partial charge in [0.15, 0.2) is 0 Å². The number of ether oxygens (including phenoxy) is 1. The molecular formula is C10H15FN2O. The first-order valence-corrected chi connectivity index (χ1v) is 4.54. The van der Waals surface area contributed by atoms with E-state index in [0.717, 1.165) is 0 Å². The quantitative estimate of drug-likeness (QED) is 0.804. The second-order valence-corrected chi connectivity index (χ2v) is 3.24. The number of halogens is 1. The van der Waals surface area contributed by atoms with Crippen LogP contribution in [0.5, 0.6) is 0 Å². The van der Waals surface area contributed by atoms with Gasteiger partial charge in [0.1, 0.15) is 11.6 Å². The van der Waals surface area contributed by atoms with Gasteiger partial charge in [0, 0.05) is 7.11 Å². The van der Waals surface area contributed by atoms with Gasteiger partial charge in [-0.25, -0.2) is 9.37 Å². The molecule has 0 aliphatic heterocycles. The maximum absolute atomic E-state index is 12.5. The highest BCUT2D eigenvalue weighted by Gasteiger charge is 2.10. The van der Waals surface area contributed by atoms with Crippen molar-refractivity contribution in [2.45, 2.75) is 26.0 Å². The van der Waals surface area contributed by atoms with E-state index in [0.29, 0.717) is 5.82 Å². The Morgan fingerprint density at radius 1 is 1.43 bits per heavy atom. The lowest BCUT2D eigenvalue weighted by molar-refractivity contribution is 0.106. The molecule has 78 valence electrons. The van der Waals surface area contributed by atoms with E-state index in [2.05, 4.69) is 10.3 Å². The first kappa shape index (κ1) is 10.9. The van der Waals surface area contributed by atoms with E-state index >= 15 is 0 Å². The molecule has 0 aliphatic carbocycles. The van der Waals surface area contributed by atoms with E-state index < -0.39 is 0 Å². The van der Waals surface area contributed by atoms with Crippen LogP contribution in [0.15, 0.2) is 18.3 Å². The molecule has 0 spiro atoms. The van der Waals surface area contributed by atoms with Gasteiger partial charge in [-0.3, -0.25) is 0 Å². The highest BCUT2D eigenvalue weighted by Crippen LogP contribution is 2.08. The summed E-state index contributed by atoms with van der Waals surface area (Å²) in [6.07, 6.45) is 1.27. The molecule has 4 heteroatoms. The lowest BCUT2D eigenvalue weighted by Gasteiger charge is -2.20. The summed E-state index contributed by atoms with van der Waals surface area (Å²) in [5, 5.41) is 3.12. The molecule has 14 heavy (non-hydrogen) atoms. The number of methoxy groups -OCH3 is 1. The standard InChI is InChI=1S/C10H15FN2O/c1-7(8(2)14-3)13-10-5-4-9(11)6-12-10/h4-8H,1-3H3,(H,12,13)/t7-,8?/m0/s1. The van der Waals surface area contributed by atoms with Crippen LogP contribution in [0, 0.1) is 5.82 Å². The monoisotopic (exact) mass is 198 g/mol. The predicted molar refractivity (Wildman–Crippen MR) is 53.8 cm³/mol. The third-order valence-corrected chi connectivity index (χ3v) is 2.18. The Balaban J connectivity index is 2.56. The summed E-state index contributed by atoms with van der Waals surface area (Å²) < 4.78 is 17.7. The van der Waals surface area contributed by atoms with Crippen molar-refractivity contribution in [1.82, 2.24) is 4.98 Å². The first-order chi connectivity index (χ1) is 6.63. The average Bonchev–Trinajstić information content (AvgIpc) is 2.20. The highest BCUT2D eigenvalue weighted by molar-refractivity contribution is 5.34. The van der Waals surface area contributed by atoms with Crippen molar-refractivity contribution in [1.29, 1.82) is 0 Å². The zero-order valence-electron chi connectivity index (χ0n) is 8.62. The number of hydrogen-bond donors (Lipinski definition) is 1. The van der Waals surface area contributed by atoms with Gasteiger partial charge < -0.3 is 10.1 Å². The molecule has 0 amide bonds. The Hall–Kier alpha value is -1.16. The molecule has 1 heterocycles. The number of nitrogens with zero attached hydrogens (tertiary/aromatic N) is 1. The highest BCUT2D eigenvalue weighted by atomic mass is 19.1. The summed E-state index contributed by atoms with van der Waals surface area (Å²) in [4.78, 5) is 3.89. The van der Waals surface area contributed by atoms with Gasteiger partial charge in [-0.05, 0) is 26.0 Å². The number of rotatable bonds is 4. The molecule has 3 nitrogen and oxygen atoms in total. The maximum Gasteiger partial charge on any atom is 0.141 e. The van der Waals surface area contributed by atoms with Crippen molar-refractivity contribution in [3.8, 4) is 0 Å². The van der Waals surface area contributed by atoms with Crippen molar-refractivity contribution in [2.24, 2.45) is 0 Å². The predicted octanol–water partition coefficient (Wildman–Crippen LogP) is 2.06. The normalized spacial score (nSPS) is 14.9. The topological polar surface area (TPSA) is 34.1 Å². The van der Waals surface area contributed by atoms with Gasteiger partial charge in [0.2, 0.25) is 0 Å². The minimum atomic E-state index is -0.331. The molecule has 0 saturated heterocycles. The van der Waals surface area contributed by atoms with E-state index in [1.54, 1.807) is 13.2 Å². The van der Waals surface area contributed by atoms with Crippen LogP contribution in [0.25, 0.3) is 0 Å². The number of aromatic nitrogens is 1. The molecule has 0 aromatic carbocycles. The number of nitrogens with one attached hydrogen (secondary N) is 1. The van der Waals surface area contributed by atoms with Crippen LogP contribution in [0.1, 0.15) is 13.8 Å². The zero-order valence-corrected chi connectivity index (χ0v) is 8.62. The Bertz CT molecular complexity index is 276. The molecular weight excluding hydrogens is 183 g/mol. The third kappa shape index (κ3) is 2.96. The summed E-state index contributed by atoms with van der Waals surface area (Å²) in [5.41, 5.74) is 0. The molecule has 1 N–H and O–H groups in total. The van der Waals surface area contributed by atoms with Crippen LogP contribution >= 0.6 is 0 Å². The SMILES string of the molecule is COC(C)[C@H](C)Nc1ccc(F)cn1. The van der Waals surface area contributed by atoms with Crippen molar-refractivity contribution >= 4 is 5.82 Å². The van der Waals surface area contributed by atoms with Gasteiger partial charge in [0.05, 0.1) is 18.3 Å². The fraction of sp³-hybridized carbons (Fsp3) is 0.500. The molecule has 1 rings (SSSR count). The largest absolute Gasteiger partial charge is 0.380 e. The van der Waals surface area contributed by atoms with Crippen LogP contribution in [-0.2, 0) is 4.74 Å².